The molecule has 1 heterocycles. The number of nitriles is 1. The third kappa shape index (κ3) is 3.17. The summed E-state index contributed by atoms with van der Waals surface area (Å²) in [6, 6.07) is 8.09. The van der Waals surface area contributed by atoms with Crippen LogP contribution in [0.2, 0.25) is 0 Å². The molecule has 1 aromatic carbocycles. The van der Waals surface area contributed by atoms with Gasteiger partial charge in [-0.05, 0) is 18.6 Å². The van der Waals surface area contributed by atoms with Gasteiger partial charge in [0, 0.05) is 10.8 Å². The van der Waals surface area contributed by atoms with Crippen LogP contribution >= 0.6 is 11.3 Å². The number of benzene rings is 1. The molecule has 0 saturated carbocycles. The summed E-state index contributed by atoms with van der Waals surface area (Å²) in [5.74, 6) is 0. The third-order valence-corrected chi connectivity index (χ3v) is 3.98. The molecule has 0 atom stereocenters. The standard InChI is InChI=1S/C16H19N3S/c1-11-6-5-7-13(12(11)8-17)18-9-15-19-14(10-20-15)16(2,3)4/h5-7,10,18H,9H2,1-4H3. The Morgan fingerprint density at radius 1 is 1.35 bits per heavy atom. The van der Waals surface area contributed by atoms with Gasteiger partial charge in [-0.15, -0.1) is 11.3 Å². The minimum absolute atomic E-state index is 0.0793. The molecule has 0 radical (unpaired) electrons. The molecule has 1 N–H and O–H groups in total. The number of nitrogens with zero attached hydrogens (tertiary/aromatic N) is 2. The molecule has 0 fully saturated rings. The molecule has 3 nitrogen and oxygen atoms in total. The maximum atomic E-state index is 9.20. The van der Waals surface area contributed by atoms with Gasteiger partial charge in [-0.25, -0.2) is 4.98 Å². The highest BCUT2D eigenvalue weighted by Crippen LogP contribution is 2.25. The molecular formula is C16H19N3S. The monoisotopic (exact) mass is 285 g/mol. The van der Waals surface area contributed by atoms with E-state index in [0.29, 0.717) is 12.1 Å². The smallest absolute Gasteiger partial charge is 0.112 e. The van der Waals surface area contributed by atoms with E-state index < -0.39 is 0 Å². The normalized spacial score (nSPS) is 11.2. The van der Waals surface area contributed by atoms with Crippen LogP contribution in [0.1, 0.15) is 42.6 Å². The quantitative estimate of drug-likeness (QED) is 0.918. The summed E-state index contributed by atoms with van der Waals surface area (Å²) < 4.78 is 0. The van der Waals surface area contributed by atoms with Crippen molar-refractivity contribution in [2.75, 3.05) is 5.32 Å². The molecule has 104 valence electrons. The van der Waals surface area contributed by atoms with Gasteiger partial charge in [0.15, 0.2) is 0 Å². The summed E-state index contributed by atoms with van der Waals surface area (Å²) in [5.41, 5.74) is 3.77. The van der Waals surface area contributed by atoms with Crippen LogP contribution in [-0.4, -0.2) is 4.98 Å². The molecule has 0 bridgehead atoms. The Labute approximate surface area is 124 Å². The highest BCUT2D eigenvalue weighted by molar-refractivity contribution is 7.09. The zero-order valence-corrected chi connectivity index (χ0v) is 13.1. The summed E-state index contributed by atoms with van der Waals surface area (Å²) in [6.07, 6.45) is 0. The molecule has 2 aromatic rings. The van der Waals surface area contributed by atoms with Crippen molar-refractivity contribution >= 4 is 17.0 Å². The largest absolute Gasteiger partial charge is 0.377 e. The van der Waals surface area contributed by atoms with Crippen molar-refractivity contribution in [3.63, 3.8) is 0 Å². The predicted octanol–water partition coefficient (Wildman–Crippen LogP) is 4.23. The number of thiazole rings is 1. The fourth-order valence-corrected chi connectivity index (χ4v) is 2.83. The van der Waals surface area contributed by atoms with Crippen LogP contribution in [-0.2, 0) is 12.0 Å². The minimum Gasteiger partial charge on any atom is -0.377 e. The first-order valence-electron chi connectivity index (χ1n) is 6.60. The Balaban J connectivity index is 2.12. The van der Waals surface area contributed by atoms with Crippen LogP contribution in [0, 0.1) is 18.3 Å². The molecule has 20 heavy (non-hydrogen) atoms. The Hall–Kier alpha value is -1.86. The molecule has 4 heteroatoms. The molecule has 0 saturated heterocycles. The number of aromatic nitrogens is 1. The number of rotatable bonds is 3. The van der Waals surface area contributed by atoms with Gasteiger partial charge < -0.3 is 5.32 Å². The van der Waals surface area contributed by atoms with Gasteiger partial charge in [-0.1, -0.05) is 32.9 Å². The lowest BCUT2D eigenvalue weighted by atomic mass is 9.93. The predicted molar refractivity (Wildman–Crippen MR) is 84.0 cm³/mol. The van der Waals surface area contributed by atoms with Gasteiger partial charge in [0.05, 0.1) is 23.5 Å². The van der Waals surface area contributed by atoms with E-state index in [0.717, 1.165) is 22.0 Å². The van der Waals surface area contributed by atoms with E-state index in [2.05, 4.69) is 42.5 Å². The average Bonchev–Trinajstić information content (AvgIpc) is 2.85. The molecule has 0 aliphatic heterocycles. The Bertz CT molecular complexity index is 644. The van der Waals surface area contributed by atoms with Crippen LogP contribution in [0.3, 0.4) is 0 Å². The van der Waals surface area contributed by atoms with E-state index in [1.54, 1.807) is 11.3 Å². The van der Waals surface area contributed by atoms with Crippen molar-refractivity contribution in [1.29, 1.82) is 5.26 Å². The second-order valence-corrected chi connectivity index (χ2v) is 6.78. The Morgan fingerprint density at radius 2 is 2.10 bits per heavy atom. The fourth-order valence-electron chi connectivity index (χ4n) is 1.87. The fraction of sp³-hybridized carbons (Fsp3) is 0.375. The molecule has 0 unspecified atom stereocenters. The number of hydrogen-bond acceptors (Lipinski definition) is 4. The van der Waals surface area contributed by atoms with Crippen molar-refractivity contribution in [2.45, 2.75) is 39.7 Å². The number of nitrogens with one attached hydrogen (secondary N) is 1. The van der Waals surface area contributed by atoms with Gasteiger partial charge in [-0.2, -0.15) is 5.26 Å². The summed E-state index contributed by atoms with van der Waals surface area (Å²) in [6.45, 7) is 9.08. The molecule has 0 aliphatic carbocycles. The van der Waals surface area contributed by atoms with E-state index in [-0.39, 0.29) is 5.41 Å². The van der Waals surface area contributed by atoms with Crippen molar-refractivity contribution in [3.05, 3.63) is 45.4 Å². The highest BCUT2D eigenvalue weighted by atomic mass is 32.1. The first-order valence-corrected chi connectivity index (χ1v) is 7.48. The number of anilines is 1. The minimum atomic E-state index is 0.0793. The van der Waals surface area contributed by atoms with Crippen molar-refractivity contribution in [3.8, 4) is 6.07 Å². The van der Waals surface area contributed by atoms with Gasteiger partial charge in [-0.3, -0.25) is 0 Å². The molecule has 0 spiro atoms. The molecular weight excluding hydrogens is 266 g/mol. The van der Waals surface area contributed by atoms with Crippen LogP contribution in [0.25, 0.3) is 0 Å². The van der Waals surface area contributed by atoms with Gasteiger partial charge in [0.1, 0.15) is 11.1 Å². The maximum absolute atomic E-state index is 9.20. The number of aryl methyl sites for hydroxylation is 1. The highest BCUT2D eigenvalue weighted by Gasteiger charge is 2.17. The van der Waals surface area contributed by atoms with Crippen LogP contribution < -0.4 is 5.32 Å². The SMILES string of the molecule is Cc1cccc(NCc2nc(C(C)(C)C)cs2)c1C#N. The summed E-state index contributed by atoms with van der Waals surface area (Å²) >= 11 is 1.66. The van der Waals surface area contributed by atoms with Gasteiger partial charge >= 0.3 is 0 Å². The first kappa shape index (κ1) is 14.5. The topological polar surface area (TPSA) is 48.7 Å². The van der Waals surface area contributed by atoms with E-state index in [1.807, 2.05) is 25.1 Å². The van der Waals surface area contributed by atoms with Crippen molar-refractivity contribution in [2.24, 2.45) is 0 Å². The molecule has 1 aromatic heterocycles. The van der Waals surface area contributed by atoms with Crippen LogP contribution in [0.5, 0.6) is 0 Å². The molecule has 0 amide bonds. The lowest BCUT2D eigenvalue weighted by Crippen LogP contribution is -2.12. The summed E-state index contributed by atoms with van der Waals surface area (Å²) in [5, 5.41) is 15.7. The van der Waals surface area contributed by atoms with E-state index in [9.17, 15) is 5.26 Å². The van der Waals surface area contributed by atoms with E-state index in [4.69, 9.17) is 0 Å². The molecule has 0 aliphatic rings. The Kier molecular flexibility index (Phi) is 4.10. The zero-order valence-electron chi connectivity index (χ0n) is 12.3. The number of hydrogen-bond donors (Lipinski definition) is 1. The van der Waals surface area contributed by atoms with E-state index >= 15 is 0 Å². The maximum Gasteiger partial charge on any atom is 0.112 e. The van der Waals surface area contributed by atoms with Crippen LogP contribution in [0.4, 0.5) is 5.69 Å². The zero-order chi connectivity index (χ0) is 14.8. The first-order chi connectivity index (χ1) is 9.41. The lowest BCUT2D eigenvalue weighted by Gasteiger charge is -2.14. The second kappa shape index (κ2) is 5.64. The summed E-state index contributed by atoms with van der Waals surface area (Å²) in [4.78, 5) is 4.65. The summed E-state index contributed by atoms with van der Waals surface area (Å²) in [7, 11) is 0. The Morgan fingerprint density at radius 3 is 2.70 bits per heavy atom. The van der Waals surface area contributed by atoms with Crippen molar-refractivity contribution in [1.82, 2.24) is 4.98 Å². The average molecular weight is 285 g/mol. The third-order valence-electron chi connectivity index (χ3n) is 3.13. The lowest BCUT2D eigenvalue weighted by molar-refractivity contribution is 0.571. The molecule has 2 rings (SSSR count). The van der Waals surface area contributed by atoms with Crippen LogP contribution in [0.15, 0.2) is 23.6 Å². The van der Waals surface area contributed by atoms with Gasteiger partial charge in [0.2, 0.25) is 0 Å². The second-order valence-electron chi connectivity index (χ2n) is 5.84. The van der Waals surface area contributed by atoms with Gasteiger partial charge in [0.25, 0.3) is 0 Å². The van der Waals surface area contributed by atoms with Crippen molar-refractivity contribution < 1.29 is 0 Å². The van der Waals surface area contributed by atoms with E-state index in [1.165, 1.54) is 0 Å².